The molecule has 19 heavy (non-hydrogen) atoms. The highest BCUT2D eigenvalue weighted by atomic mass is 32.1. The maximum Gasteiger partial charge on any atom is 0.168 e. The van der Waals surface area contributed by atoms with Crippen molar-refractivity contribution in [2.24, 2.45) is 7.05 Å². The van der Waals surface area contributed by atoms with Gasteiger partial charge >= 0.3 is 0 Å². The summed E-state index contributed by atoms with van der Waals surface area (Å²) in [6, 6.07) is 0. The number of nitrogens with zero attached hydrogens (tertiary/aromatic N) is 3. The average molecular weight is 284 g/mol. The summed E-state index contributed by atoms with van der Waals surface area (Å²) in [5.41, 5.74) is 2.37. The largest absolute Gasteiger partial charge is 0.382 e. The zero-order valence-corrected chi connectivity index (χ0v) is 13.1. The highest BCUT2D eigenvalue weighted by molar-refractivity contribution is 7.80. The van der Waals surface area contributed by atoms with Gasteiger partial charge in [-0.1, -0.05) is 0 Å². The minimum atomic E-state index is 0.764. The van der Waals surface area contributed by atoms with E-state index in [4.69, 9.17) is 17.0 Å². The van der Waals surface area contributed by atoms with Crippen LogP contribution in [0.2, 0.25) is 0 Å². The third kappa shape index (κ3) is 5.16. The summed E-state index contributed by atoms with van der Waals surface area (Å²) in [5, 5.41) is 8.24. The summed E-state index contributed by atoms with van der Waals surface area (Å²) in [5.74, 6) is 0. The number of aromatic nitrogens is 2. The summed E-state index contributed by atoms with van der Waals surface area (Å²) >= 11 is 5.35. The second kappa shape index (κ2) is 8.12. The molecule has 0 saturated heterocycles. The molecule has 108 valence electrons. The van der Waals surface area contributed by atoms with Gasteiger partial charge in [-0.15, -0.1) is 0 Å². The van der Waals surface area contributed by atoms with E-state index in [9.17, 15) is 0 Å². The second-order valence-electron chi connectivity index (χ2n) is 4.52. The van der Waals surface area contributed by atoms with Crippen LogP contribution < -0.4 is 5.32 Å². The Balaban J connectivity index is 2.30. The molecule has 5 nitrogen and oxygen atoms in total. The van der Waals surface area contributed by atoms with Crippen LogP contribution in [0, 0.1) is 6.92 Å². The van der Waals surface area contributed by atoms with Crippen LogP contribution in [-0.4, -0.2) is 46.6 Å². The van der Waals surface area contributed by atoms with Gasteiger partial charge < -0.3 is 15.0 Å². The predicted molar refractivity (Wildman–Crippen MR) is 81.1 cm³/mol. The molecule has 1 N–H and O–H groups in total. The maximum atomic E-state index is 5.35. The lowest BCUT2D eigenvalue weighted by molar-refractivity contribution is 0.145. The highest BCUT2D eigenvalue weighted by Gasteiger charge is 2.09. The van der Waals surface area contributed by atoms with Crippen LogP contribution in [0.25, 0.3) is 0 Å². The number of hydrogen-bond donors (Lipinski definition) is 1. The lowest BCUT2D eigenvalue weighted by Crippen LogP contribution is -2.37. The van der Waals surface area contributed by atoms with Gasteiger partial charge in [0, 0.05) is 51.7 Å². The Labute approximate surface area is 120 Å². The fraction of sp³-hybridized carbons (Fsp3) is 0.692. The minimum absolute atomic E-state index is 0.764. The van der Waals surface area contributed by atoms with Crippen LogP contribution in [0.5, 0.6) is 0 Å². The highest BCUT2D eigenvalue weighted by Crippen LogP contribution is 2.08. The molecule has 0 fully saturated rings. The maximum absolute atomic E-state index is 5.35. The average Bonchev–Trinajstić information content (AvgIpc) is 2.70. The normalized spacial score (nSPS) is 10.5. The van der Waals surface area contributed by atoms with Crippen molar-refractivity contribution < 1.29 is 4.74 Å². The molecule has 0 aliphatic carbocycles. The van der Waals surface area contributed by atoms with Gasteiger partial charge in [-0.3, -0.25) is 4.68 Å². The lowest BCUT2D eigenvalue weighted by Gasteiger charge is -2.20. The topological polar surface area (TPSA) is 42.3 Å². The van der Waals surface area contributed by atoms with Crippen LogP contribution in [0.1, 0.15) is 24.6 Å². The monoisotopic (exact) mass is 284 g/mol. The van der Waals surface area contributed by atoms with E-state index < -0.39 is 0 Å². The molecule has 0 aliphatic heterocycles. The van der Waals surface area contributed by atoms with E-state index in [-0.39, 0.29) is 0 Å². The summed E-state index contributed by atoms with van der Waals surface area (Å²) in [4.78, 5) is 2.03. The Morgan fingerprint density at radius 1 is 1.58 bits per heavy atom. The molecule has 0 atom stereocenters. The first kappa shape index (κ1) is 15.9. The van der Waals surface area contributed by atoms with E-state index in [1.807, 2.05) is 36.8 Å². The number of rotatable bonds is 7. The molecule has 0 aliphatic rings. The zero-order valence-electron chi connectivity index (χ0n) is 12.3. The molecule has 1 rings (SSSR count). The molecular weight excluding hydrogens is 260 g/mol. The van der Waals surface area contributed by atoms with Gasteiger partial charge in [-0.2, -0.15) is 5.10 Å². The number of aryl methyl sites for hydroxylation is 1. The molecule has 1 heterocycles. The van der Waals surface area contributed by atoms with E-state index in [1.165, 1.54) is 11.3 Å². The summed E-state index contributed by atoms with van der Waals surface area (Å²) in [7, 11) is 3.94. The Bertz CT molecular complexity index is 405. The van der Waals surface area contributed by atoms with E-state index in [1.54, 1.807) is 0 Å². The number of hydrogen-bond acceptors (Lipinski definition) is 3. The van der Waals surface area contributed by atoms with Gasteiger partial charge in [-0.25, -0.2) is 0 Å². The van der Waals surface area contributed by atoms with Crippen molar-refractivity contribution in [3.63, 3.8) is 0 Å². The van der Waals surface area contributed by atoms with Gasteiger partial charge in [0.25, 0.3) is 0 Å². The third-order valence-electron chi connectivity index (χ3n) is 3.04. The Morgan fingerprint density at radius 3 is 2.89 bits per heavy atom. The fourth-order valence-corrected chi connectivity index (χ4v) is 1.84. The number of thiocarbonyl (C=S) groups is 1. The molecule has 1 aromatic rings. The Kier molecular flexibility index (Phi) is 6.80. The molecule has 0 unspecified atom stereocenters. The smallest absolute Gasteiger partial charge is 0.168 e. The molecule has 0 bridgehead atoms. The summed E-state index contributed by atoms with van der Waals surface area (Å²) < 4.78 is 7.16. The number of ether oxygens (including phenoxy) is 1. The van der Waals surface area contributed by atoms with Crippen molar-refractivity contribution in [2.75, 3.05) is 26.8 Å². The van der Waals surface area contributed by atoms with Gasteiger partial charge in [0.2, 0.25) is 0 Å². The van der Waals surface area contributed by atoms with Gasteiger partial charge in [0.05, 0.1) is 6.20 Å². The molecule has 0 spiro atoms. The molecule has 0 radical (unpaired) electrons. The first-order valence-electron chi connectivity index (χ1n) is 6.60. The van der Waals surface area contributed by atoms with E-state index in [0.29, 0.717) is 0 Å². The molecule has 0 amide bonds. The van der Waals surface area contributed by atoms with Crippen LogP contribution in [0.3, 0.4) is 0 Å². The standard InChI is InChI=1S/C13H24N4OS/c1-5-18-8-6-7-14-13(19)16(3)10-12-9-15-17(4)11(12)2/h9H,5-8,10H2,1-4H3,(H,14,19). The van der Waals surface area contributed by atoms with Crippen LogP contribution in [0.15, 0.2) is 6.20 Å². The van der Waals surface area contributed by atoms with Crippen molar-refractivity contribution in [3.8, 4) is 0 Å². The van der Waals surface area contributed by atoms with E-state index in [0.717, 1.165) is 37.8 Å². The number of nitrogens with one attached hydrogen (secondary N) is 1. The third-order valence-corrected chi connectivity index (χ3v) is 3.49. The van der Waals surface area contributed by atoms with E-state index in [2.05, 4.69) is 17.3 Å². The van der Waals surface area contributed by atoms with Crippen molar-refractivity contribution in [1.82, 2.24) is 20.0 Å². The SMILES string of the molecule is CCOCCCNC(=S)N(C)Cc1cnn(C)c1C. The first-order chi connectivity index (χ1) is 9.06. The van der Waals surface area contributed by atoms with Crippen molar-refractivity contribution in [2.45, 2.75) is 26.8 Å². The quantitative estimate of drug-likeness (QED) is 0.606. The van der Waals surface area contributed by atoms with Crippen molar-refractivity contribution >= 4 is 17.3 Å². The minimum Gasteiger partial charge on any atom is -0.382 e. The fourth-order valence-electron chi connectivity index (χ4n) is 1.68. The van der Waals surface area contributed by atoms with Gasteiger partial charge in [0.1, 0.15) is 0 Å². The molecule has 0 saturated carbocycles. The second-order valence-corrected chi connectivity index (χ2v) is 4.90. The van der Waals surface area contributed by atoms with Crippen LogP contribution >= 0.6 is 12.2 Å². The molecule has 6 heteroatoms. The zero-order chi connectivity index (χ0) is 14.3. The Hall–Kier alpha value is -1.14. The lowest BCUT2D eigenvalue weighted by atomic mass is 10.2. The molecule has 1 aromatic heterocycles. The first-order valence-corrected chi connectivity index (χ1v) is 7.01. The Morgan fingerprint density at radius 2 is 2.32 bits per heavy atom. The van der Waals surface area contributed by atoms with E-state index >= 15 is 0 Å². The van der Waals surface area contributed by atoms with Gasteiger partial charge in [-0.05, 0) is 32.5 Å². The summed E-state index contributed by atoms with van der Waals surface area (Å²) in [6.45, 7) is 7.23. The molecule has 0 aromatic carbocycles. The molecular formula is C13H24N4OS. The predicted octanol–water partition coefficient (Wildman–Crippen LogP) is 1.46. The summed E-state index contributed by atoms with van der Waals surface area (Å²) in [6.07, 6.45) is 2.86. The van der Waals surface area contributed by atoms with Crippen molar-refractivity contribution in [3.05, 3.63) is 17.5 Å². The van der Waals surface area contributed by atoms with Crippen LogP contribution in [0.4, 0.5) is 0 Å². The van der Waals surface area contributed by atoms with Crippen molar-refractivity contribution in [1.29, 1.82) is 0 Å². The van der Waals surface area contributed by atoms with Gasteiger partial charge in [0.15, 0.2) is 5.11 Å². The van der Waals surface area contributed by atoms with Crippen LogP contribution in [-0.2, 0) is 18.3 Å².